The van der Waals surface area contributed by atoms with Gasteiger partial charge in [0, 0.05) is 6.61 Å². The highest BCUT2D eigenvalue weighted by atomic mass is 79.9. The maximum absolute atomic E-state index is 11.4. The van der Waals surface area contributed by atoms with Crippen molar-refractivity contribution < 1.29 is 9.53 Å². The number of anilines is 1. The van der Waals surface area contributed by atoms with Crippen LogP contribution in [-0.4, -0.2) is 29.3 Å². The Kier molecular flexibility index (Phi) is 6.10. The number of halogens is 1. The Bertz CT molecular complexity index is 328. The summed E-state index contributed by atoms with van der Waals surface area (Å²) in [6.07, 6.45) is 4.82. The fraction of sp³-hybridized carbons (Fsp3) is 0.600. The number of hydrogen-bond acceptors (Lipinski definition) is 3. The molecule has 0 spiro atoms. The summed E-state index contributed by atoms with van der Waals surface area (Å²) in [6, 6.07) is 0. The van der Waals surface area contributed by atoms with Crippen molar-refractivity contribution in [1.29, 1.82) is 0 Å². The third-order valence-corrected chi connectivity index (χ3v) is 2.60. The van der Waals surface area contributed by atoms with Crippen molar-refractivity contribution in [2.45, 2.75) is 26.2 Å². The second-order valence-electron chi connectivity index (χ2n) is 3.41. The van der Waals surface area contributed by atoms with Gasteiger partial charge in [-0.25, -0.2) is 0 Å². The minimum Gasteiger partial charge on any atom is -0.372 e. The predicted molar refractivity (Wildman–Crippen MR) is 65.3 cm³/mol. The Morgan fingerprint density at radius 3 is 3.06 bits per heavy atom. The number of rotatable bonds is 7. The summed E-state index contributed by atoms with van der Waals surface area (Å²) in [5.74, 6) is -0.168. The quantitative estimate of drug-likeness (QED) is 0.757. The lowest BCUT2D eigenvalue weighted by atomic mass is 10.3. The molecule has 0 atom stereocenters. The number of unbranched alkanes of at least 4 members (excludes halogenated alkanes) is 2. The van der Waals surface area contributed by atoms with Gasteiger partial charge in [-0.3, -0.25) is 9.89 Å². The number of H-pyrrole nitrogens is 1. The van der Waals surface area contributed by atoms with Gasteiger partial charge in [0.15, 0.2) is 0 Å². The molecule has 0 fully saturated rings. The molecule has 0 radical (unpaired) electrons. The molecule has 90 valence electrons. The van der Waals surface area contributed by atoms with Gasteiger partial charge in [-0.2, -0.15) is 5.10 Å². The number of carbonyl (C=O) groups is 1. The molecule has 1 aromatic heterocycles. The highest BCUT2D eigenvalue weighted by Crippen LogP contribution is 2.17. The van der Waals surface area contributed by atoms with Crippen LogP contribution in [0.3, 0.4) is 0 Å². The third kappa shape index (κ3) is 4.76. The van der Waals surface area contributed by atoms with Crippen LogP contribution in [0.4, 0.5) is 5.69 Å². The van der Waals surface area contributed by atoms with E-state index >= 15 is 0 Å². The number of aromatic amines is 1. The van der Waals surface area contributed by atoms with Crippen LogP contribution in [0.2, 0.25) is 0 Å². The van der Waals surface area contributed by atoms with Gasteiger partial charge in [-0.15, -0.1) is 0 Å². The van der Waals surface area contributed by atoms with E-state index in [1.165, 1.54) is 0 Å². The molecular weight excluding hydrogens is 274 g/mol. The molecule has 0 bridgehead atoms. The maximum Gasteiger partial charge on any atom is 0.250 e. The van der Waals surface area contributed by atoms with E-state index in [2.05, 4.69) is 38.4 Å². The first-order valence-corrected chi connectivity index (χ1v) is 6.09. The van der Waals surface area contributed by atoms with Gasteiger partial charge in [0.05, 0.1) is 11.9 Å². The van der Waals surface area contributed by atoms with Crippen LogP contribution in [0, 0.1) is 0 Å². The van der Waals surface area contributed by atoms with Crippen LogP contribution in [0.25, 0.3) is 0 Å². The second-order valence-corrected chi connectivity index (χ2v) is 4.20. The van der Waals surface area contributed by atoms with Crippen molar-refractivity contribution in [2.24, 2.45) is 0 Å². The summed E-state index contributed by atoms with van der Waals surface area (Å²) in [6.45, 7) is 2.85. The van der Waals surface area contributed by atoms with Crippen molar-refractivity contribution in [1.82, 2.24) is 10.2 Å². The number of aromatic nitrogens is 2. The third-order valence-electron chi connectivity index (χ3n) is 1.99. The fourth-order valence-electron chi connectivity index (χ4n) is 1.16. The lowest BCUT2D eigenvalue weighted by molar-refractivity contribution is -0.120. The predicted octanol–water partition coefficient (Wildman–Crippen LogP) is 2.32. The van der Waals surface area contributed by atoms with Gasteiger partial charge in [0.25, 0.3) is 0 Å². The zero-order valence-electron chi connectivity index (χ0n) is 9.25. The standard InChI is InChI=1S/C10H16BrN3O2/c1-2-3-4-5-16-7-9(15)13-8-6-12-14-10(8)11/h6H,2-5,7H2,1H3,(H,12,14)(H,13,15). The lowest BCUT2D eigenvalue weighted by Gasteiger charge is -2.04. The zero-order valence-corrected chi connectivity index (χ0v) is 10.8. The maximum atomic E-state index is 11.4. The molecule has 0 aliphatic carbocycles. The van der Waals surface area contributed by atoms with E-state index in [1.54, 1.807) is 6.20 Å². The average molecular weight is 290 g/mol. The van der Waals surface area contributed by atoms with Gasteiger partial charge in [-0.1, -0.05) is 19.8 Å². The Hall–Kier alpha value is -0.880. The normalized spacial score (nSPS) is 10.4. The molecule has 0 unspecified atom stereocenters. The fourth-order valence-corrected chi connectivity index (χ4v) is 1.47. The van der Waals surface area contributed by atoms with Crippen molar-refractivity contribution in [3.05, 3.63) is 10.8 Å². The number of carbonyl (C=O) groups excluding carboxylic acids is 1. The summed E-state index contributed by atoms with van der Waals surface area (Å²) >= 11 is 3.22. The van der Waals surface area contributed by atoms with E-state index in [0.29, 0.717) is 16.9 Å². The Labute approximate surface area is 103 Å². The SMILES string of the molecule is CCCCCOCC(=O)Nc1cn[nH]c1Br. The molecule has 1 amide bonds. The summed E-state index contributed by atoms with van der Waals surface area (Å²) in [4.78, 5) is 11.4. The number of nitrogens with zero attached hydrogens (tertiary/aromatic N) is 1. The molecule has 0 aromatic carbocycles. The molecule has 1 heterocycles. The molecule has 5 nitrogen and oxygen atoms in total. The van der Waals surface area contributed by atoms with Crippen molar-refractivity contribution >= 4 is 27.5 Å². The first kappa shape index (κ1) is 13.2. The smallest absolute Gasteiger partial charge is 0.250 e. The molecule has 0 aliphatic heterocycles. The first-order valence-electron chi connectivity index (χ1n) is 5.30. The molecule has 1 aromatic rings. The van der Waals surface area contributed by atoms with Gasteiger partial charge in [0.1, 0.15) is 11.2 Å². The Morgan fingerprint density at radius 1 is 1.62 bits per heavy atom. The van der Waals surface area contributed by atoms with Crippen LogP contribution in [0.5, 0.6) is 0 Å². The van der Waals surface area contributed by atoms with Crippen LogP contribution >= 0.6 is 15.9 Å². The molecule has 0 saturated carbocycles. The monoisotopic (exact) mass is 289 g/mol. The first-order chi connectivity index (χ1) is 7.74. The number of nitrogens with one attached hydrogen (secondary N) is 2. The summed E-state index contributed by atoms with van der Waals surface area (Å²) in [5.41, 5.74) is 0.627. The van der Waals surface area contributed by atoms with Gasteiger partial charge < -0.3 is 10.1 Å². The van der Waals surface area contributed by atoms with Crippen LogP contribution in [0.1, 0.15) is 26.2 Å². The molecule has 1 rings (SSSR count). The number of amides is 1. The van der Waals surface area contributed by atoms with E-state index in [-0.39, 0.29) is 12.5 Å². The topological polar surface area (TPSA) is 67.0 Å². The van der Waals surface area contributed by atoms with Crippen molar-refractivity contribution in [3.8, 4) is 0 Å². The number of hydrogen-bond donors (Lipinski definition) is 2. The van der Waals surface area contributed by atoms with E-state index in [1.807, 2.05) is 0 Å². The molecule has 0 saturated heterocycles. The molecule has 6 heteroatoms. The minimum atomic E-state index is -0.168. The summed E-state index contributed by atoms with van der Waals surface area (Å²) in [5, 5.41) is 9.11. The van der Waals surface area contributed by atoms with Crippen LogP contribution in [-0.2, 0) is 9.53 Å². The van der Waals surface area contributed by atoms with E-state index in [4.69, 9.17) is 4.74 Å². The average Bonchev–Trinajstić information content (AvgIpc) is 2.64. The van der Waals surface area contributed by atoms with Crippen LogP contribution < -0.4 is 5.32 Å². The minimum absolute atomic E-state index is 0.0847. The molecule has 16 heavy (non-hydrogen) atoms. The van der Waals surface area contributed by atoms with Crippen molar-refractivity contribution in [3.63, 3.8) is 0 Å². The summed E-state index contributed by atoms with van der Waals surface area (Å²) < 4.78 is 5.89. The Balaban J connectivity index is 2.14. The van der Waals surface area contributed by atoms with Crippen LogP contribution in [0.15, 0.2) is 10.8 Å². The Morgan fingerprint density at radius 2 is 2.44 bits per heavy atom. The van der Waals surface area contributed by atoms with Crippen molar-refractivity contribution in [2.75, 3.05) is 18.5 Å². The molecule has 2 N–H and O–H groups in total. The lowest BCUT2D eigenvalue weighted by Crippen LogP contribution is -2.18. The zero-order chi connectivity index (χ0) is 11.8. The number of ether oxygens (including phenoxy) is 1. The molecule has 0 aliphatic rings. The second kappa shape index (κ2) is 7.40. The van der Waals surface area contributed by atoms with Gasteiger partial charge in [0.2, 0.25) is 5.91 Å². The van der Waals surface area contributed by atoms with E-state index < -0.39 is 0 Å². The highest BCUT2D eigenvalue weighted by Gasteiger charge is 2.06. The van der Waals surface area contributed by atoms with Gasteiger partial charge >= 0.3 is 0 Å². The largest absolute Gasteiger partial charge is 0.372 e. The van der Waals surface area contributed by atoms with E-state index in [9.17, 15) is 4.79 Å². The highest BCUT2D eigenvalue weighted by molar-refractivity contribution is 9.10. The van der Waals surface area contributed by atoms with Gasteiger partial charge in [-0.05, 0) is 22.4 Å². The molecular formula is C10H16BrN3O2. The summed E-state index contributed by atoms with van der Waals surface area (Å²) in [7, 11) is 0. The van der Waals surface area contributed by atoms with E-state index in [0.717, 1.165) is 19.3 Å².